The Labute approximate surface area is 165 Å². The number of thiophene rings is 1. The molecule has 0 saturated heterocycles. The van der Waals surface area contributed by atoms with E-state index in [2.05, 4.69) is 10.6 Å². The van der Waals surface area contributed by atoms with Gasteiger partial charge in [0.25, 0.3) is 5.91 Å². The van der Waals surface area contributed by atoms with E-state index in [4.69, 9.17) is 16.3 Å². The minimum absolute atomic E-state index is 0.235. The number of amides is 1. The first-order valence-corrected chi connectivity index (χ1v) is 9.38. The maximum atomic E-state index is 12.9. The third-order valence-electron chi connectivity index (χ3n) is 3.80. The summed E-state index contributed by atoms with van der Waals surface area (Å²) >= 11 is 7.47. The molecular weight excluding hydrogens is 384 g/mol. The third-order valence-corrected chi connectivity index (χ3v) is 4.98. The number of carbonyl (C=O) groups is 2. The van der Waals surface area contributed by atoms with E-state index in [0.29, 0.717) is 26.9 Å². The van der Waals surface area contributed by atoms with Crippen molar-refractivity contribution in [3.8, 4) is 5.75 Å². The molecule has 1 amide bonds. The van der Waals surface area contributed by atoms with Crippen LogP contribution in [0.1, 0.15) is 20.0 Å². The van der Waals surface area contributed by atoms with E-state index >= 15 is 0 Å². The lowest BCUT2D eigenvalue weighted by molar-refractivity contribution is 0.0871. The Hall–Kier alpha value is -2.83. The largest absolute Gasteiger partial charge is 0.495 e. The van der Waals surface area contributed by atoms with E-state index in [1.807, 2.05) is 11.4 Å². The van der Waals surface area contributed by atoms with Crippen molar-refractivity contribution < 1.29 is 14.3 Å². The van der Waals surface area contributed by atoms with Gasteiger partial charge in [-0.15, -0.1) is 11.3 Å². The van der Waals surface area contributed by atoms with E-state index in [-0.39, 0.29) is 11.7 Å². The number of ether oxygens (including phenoxy) is 1. The van der Waals surface area contributed by atoms with Crippen molar-refractivity contribution in [1.29, 1.82) is 0 Å². The van der Waals surface area contributed by atoms with Gasteiger partial charge in [0.1, 0.15) is 5.75 Å². The molecule has 0 saturated carbocycles. The zero-order valence-corrected chi connectivity index (χ0v) is 16.0. The second-order valence-corrected chi connectivity index (χ2v) is 6.96. The number of hydrogen-bond acceptors (Lipinski definition) is 5. The summed E-state index contributed by atoms with van der Waals surface area (Å²) in [4.78, 5) is 25.9. The van der Waals surface area contributed by atoms with Crippen molar-refractivity contribution in [2.24, 2.45) is 0 Å². The maximum Gasteiger partial charge on any atom is 0.253 e. The number of carbonyl (C=O) groups excluding carboxylic acids is 2. The molecule has 0 spiro atoms. The van der Waals surface area contributed by atoms with E-state index in [0.717, 1.165) is 0 Å². The Bertz CT molecular complexity index is 930. The molecule has 2 aromatic carbocycles. The topological polar surface area (TPSA) is 67.4 Å². The molecule has 2 N–H and O–H groups in total. The van der Waals surface area contributed by atoms with Crippen LogP contribution in [0.5, 0.6) is 5.75 Å². The monoisotopic (exact) mass is 400 g/mol. The van der Waals surface area contributed by atoms with Gasteiger partial charge in [-0.05, 0) is 41.8 Å². The van der Waals surface area contributed by atoms with Gasteiger partial charge in [0, 0.05) is 11.3 Å². The first-order valence-electron chi connectivity index (χ1n) is 8.12. The van der Waals surface area contributed by atoms with Crippen molar-refractivity contribution >= 4 is 40.3 Å². The van der Waals surface area contributed by atoms with Crippen molar-refractivity contribution in [2.75, 3.05) is 12.4 Å². The highest BCUT2D eigenvalue weighted by Gasteiger charge is 2.23. The molecule has 1 aromatic heterocycles. The summed E-state index contributed by atoms with van der Waals surface area (Å²) in [5.41, 5.74) is 1.06. The highest BCUT2D eigenvalue weighted by Crippen LogP contribution is 2.27. The van der Waals surface area contributed by atoms with Crippen LogP contribution in [-0.2, 0) is 0 Å². The summed E-state index contributed by atoms with van der Waals surface area (Å²) in [5, 5.41) is 8.01. The molecule has 0 aliphatic rings. The summed E-state index contributed by atoms with van der Waals surface area (Å²) < 4.78 is 5.14. The molecule has 0 aliphatic carbocycles. The van der Waals surface area contributed by atoms with Crippen LogP contribution in [0.15, 0.2) is 66.0 Å². The summed E-state index contributed by atoms with van der Waals surface area (Å²) in [6.07, 6.45) is -0.944. The number of methoxy groups -OCH3 is 1. The van der Waals surface area contributed by atoms with Crippen LogP contribution in [0.2, 0.25) is 5.02 Å². The maximum absolute atomic E-state index is 12.9. The van der Waals surface area contributed by atoms with Crippen LogP contribution in [0.4, 0.5) is 5.69 Å². The van der Waals surface area contributed by atoms with Gasteiger partial charge in [-0.25, -0.2) is 0 Å². The average molecular weight is 401 g/mol. The van der Waals surface area contributed by atoms with Crippen LogP contribution < -0.4 is 15.4 Å². The van der Waals surface area contributed by atoms with Gasteiger partial charge >= 0.3 is 0 Å². The molecule has 3 aromatic rings. The Balaban J connectivity index is 1.84. The van der Waals surface area contributed by atoms with Gasteiger partial charge in [0.15, 0.2) is 6.17 Å². The summed E-state index contributed by atoms with van der Waals surface area (Å²) in [6.45, 7) is 0. The fraction of sp³-hybridized carbons (Fsp3) is 0.100. The smallest absolute Gasteiger partial charge is 0.253 e. The molecule has 0 bridgehead atoms. The normalized spacial score (nSPS) is 11.5. The first-order chi connectivity index (χ1) is 13.1. The van der Waals surface area contributed by atoms with Crippen LogP contribution in [0, 0.1) is 0 Å². The van der Waals surface area contributed by atoms with Gasteiger partial charge in [-0.3, -0.25) is 9.59 Å². The number of rotatable bonds is 7. The van der Waals surface area contributed by atoms with Crippen LogP contribution in [0.3, 0.4) is 0 Å². The predicted octanol–water partition coefficient (Wildman–Crippen LogP) is 4.46. The average Bonchev–Trinajstić information content (AvgIpc) is 3.22. The van der Waals surface area contributed by atoms with Crippen molar-refractivity contribution in [1.82, 2.24) is 5.32 Å². The Kier molecular flexibility index (Phi) is 6.11. The van der Waals surface area contributed by atoms with Crippen LogP contribution >= 0.6 is 22.9 Å². The third kappa shape index (κ3) is 4.67. The van der Waals surface area contributed by atoms with E-state index < -0.39 is 6.17 Å². The second-order valence-electron chi connectivity index (χ2n) is 5.61. The molecular formula is C20H17ClN2O3S. The zero-order chi connectivity index (χ0) is 19.2. The van der Waals surface area contributed by atoms with Crippen LogP contribution in [0.25, 0.3) is 0 Å². The highest BCUT2D eigenvalue weighted by atomic mass is 35.5. The van der Waals surface area contributed by atoms with E-state index in [9.17, 15) is 9.59 Å². The van der Waals surface area contributed by atoms with Gasteiger partial charge in [0.05, 0.1) is 17.0 Å². The molecule has 27 heavy (non-hydrogen) atoms. The van der Waals surface area contributed by atoms with E-state index in [1.165, 1.54) is 18.4 Å². The minimum Gasteiger partial charge on any atom is -0.495 e. The molecule has 1 unspecified atom stereocenters. The van der Waals surface area contributed by atoms with Gasteiger partial charge in [0.2, 0.25) is 5.78 Å². The SMILES string of the molecule is COc1ccc(NC(NC(=O)c2ccccc2)C(=O)c2cccs2)cc1Cl. The Morgan fingerprint density at radius 1 is 1.07 bits per heavy atom. The molecule has 1 atom stereocenters. The fourth-order valence-electron chi connectivity index (χ4n) is 2.45. The molecule has 0 radical (unpaired) electrons. The standard InChI is InChI=1S/C20H17ClN2O3S/c1-26-16-10-9-14(12-15(16)21)22-19(18(24)17-8-5-11-27-17)23-20(25)13-6-3-2-4-7-13/h2-12,19,22H,1H3,(H,23,25). The van der Waals surface area contributed by atoms with Gasteiger partial charge in [-0.1, -0.05) is 35.9 Å². The van der Waals surface area contributed by atoms with Crippen molar-refractivity contribution in [3.05, 3.63) is 81.5 Å². The molecule has 1 heterocycles. The summed E-state index contributed by atoms with van der Waals surface area (Å²) in [5.74, 6) is -0.0597. The minimum atomic E-state index is -0.944. The summed E-state index contributed by atoms with van der Waals surface area (Å²) in [7, 11) is 1.53. The number of ketones is 1. The van der Waals surface area contributed by atoms with Crippen molar-refractivity contribution in [3.63, 3.8) is 0 Å². The Morgan fingerprint density at radius 3 is 2.48 bits per heavy atom. The van der Waals surface area contributed by atoms with Crippen LogP contribution in [-0.4, -0.2) is 25.0 Å². The molecule has 7 heteroatoms. The molecule has 138 valence electrons. The lowest BCUT2D eigenvalue weighted by Gasteiger charge is -2.20. The molecule has 0 aliphatic heterocycles. The number of halogens is 1. The second kappa shape index (κ2) is 8.70. The van der Waals surface area contributed by atoms with Gasteiger partial charge < -0.3 is 15.4 Å². The summed E-state index contributed by atoms with van der Waals surface area (Å²) in [6, 6.07) is 17.3. The van der Waals surface area contributed by atoms with Gasteiger partial charge in [-0.2, -0.15) is 0 Å². The fourth-order valence-corrected chi connectivity index (χ4v) is 3.41. The molecule has 3 rings (SSSR count). The number of hydrogen-bond donors (Lipinski definition) is 2. The van der Waals surface area contributed by atoms with E-state index in [1.54, 1.807) is 54.6 Å². The lowest BCUT2D eigenvalue weighted by Crippen LogP contribution is -2.46. The predicted molar refractivity (Wildman–Crippen MR) is 108 cm³/mol. The zero-order valence-electron chi connectivity index (χ0n) is 14.4. The highest BCUT2D eigenvalue weighted by molar-refractivity contribution is 7.12. The quantitative estimate of drug-likeness (QED) is 0.454. The lowest BCUT2D eigenvalue weighted by atomic mass is 10.2. The number of Topliss-reactive ketones (excluding diaryl/α,β-unsaturated/α-hetero) is 1. The number of nitrogens with one attached hydrogen (secondary N) is 2. The number of benzene rings is 2. The number of anilines is 1. The molecule has 0 fully saturated rings. The Morgan fingerprint density at radius 2 is 1.85 bits per heavy atom. The molecule has 5 nitrogen and oxygen atoms in total. The van der Waals surface area contributed by atoms with Crippen molar-refractivity contribution in [2.45, 2.75) is 6.17 Å². The first kappa shape index (κ1) is 18.9.